The predicted octanol–water partition coefficient (Wildman–Crippen LogP) is 5.67. The van der Waals surface area contributed by atoms with Gasteiger partial charge in [-0.2, -0.15) is 0 Å². The van der Waals surface area contributed by atoms with Gasteiger partial charge in [-0.1, -0.05) is 13.8 Å². The molecule has 0 aliphatic heterocycles. The van der Waals surface area contributed by atoms with E-state index >= 15 is 0 Å². The highest BCUT2D eigenvalue weighted by molar-refractivity contribution is 9.11. The third kappa shape index (κ3) is 9.94. The minimum atomic E-state index is -3.57. The van der Waals surface area contributed by atoms with Gasteiger partial charge in [0.05, 0.1) is 22.2 Å². The van der Waals surface area contributed by atoms with Gasteiger partial charge in [0.15, 0.2) is 12.1 Å². The van der Waals surface area contributed by atoms with Gasteiger partial charge in [0.25, 0.3) is 0 Å². The third-order valence-corrected chi connectivity index (χ3v) is 7.80. The second-order valence-electron chi connectivity index (χ2n) is 7.99. The molecule has 2 aromatic rings. The SMILES string of the molecule is CCOC(=O)CNP(=O)(COc1cc(Br)c(Oc2ccc(O)c(C(C)C)c2)c(Br)c1)NCC(=O)OCC. The molecular weight excluding hydrogens is 635 g/mol. The summed E-state index contributed by atoms with van der Waals surface area (Å²) in [5.41, 5.74) is 0.756. The number of rotatable bonds is 14. The summed E-state index contributed by atoms with van der Waals surface area (Å²) in [4.78, 5) is 23.5. The summed E-state index contributed by atoms with van der Waals surface area (Å²) >= 11 is 6.93. The second kappa shape index (κ2) is 14.7. The van der Waals surface area contributed by atoms with E-state index in [0.29, 0.717) is 26.2 Å². The molecule has 0 saturated carbocycles. The van der Waals surface area contributed by atoms with Gasteiger partial charge in [-0.05, 0) is 82.0 Å². The van der Waals surface area contributed by atoms with E-state index in [1.54, 1.807) is 44.2 Å². The van der Waals surface area contributed by atoms with E-state index in [4.69, 9.17) is 18.9 Å². The fraction of sp³-hybridized carbons (Fsp3) is 0.417. The highest BCUT2D eigenvalue weighted by Crippen LogP contribution is 2.42. The van der Waals surface area contributed by atoms with Crippen molar-refractivity contribution in [3.63, 3.8) is 0 Å². The van der Waals surface area contributed by atoms with E-state index < -0.39 is 19.4 Å². The largest absolute Gasteiger partial charge is 0.508 e. The van der Waals surface area contributed by atoms with Crippen molar-refractivity contribution in [3.05, 3.63) is 44.8 Å². The van der Waals surface area contributed by atoms with Gasteiger partial charge in [-0.3, -0.25) is 14.2 Å². The van der Waals surface area contributed by atoms with E-state index in [1.807, 2.05) is 13.8 Å². The van der Waals surface area contributed by atoms with Gasteiger partial charge in [-0.15, -0.1) is 0 Å². The molecule has 0 amide bonds. The van der Waals surface area contributed by atoms with Gasteiger partial charge in [0.1, 0.15) is 30.3 Å². The second-order valence-corrected chi connectivity index (χ2v) is 12.1. The molecule has 3 N–H and O–H groups in total. The van der Waals surface area contributed by atoms with Crippen LogP contribution < -0.4 is 19.6 Å². The van der Waals surface area contributed by atoms with Crippen molar-refractivity contribution in [3.8, 4) is 23.0 Å². The molecule has 204 valence electrons. The van der Waals surface area contributed by atoms with Crippen molar-refractivity contribution in [2.45, 2.75) is 33.6 Å². The summed E-state index contributed by atoms with van der Waals surface area (Å²) < 4.78 is 35.9. The molecule has 2 aromatic carbocycles. The molecule has 0 fully saturated rings. The maximum Gasteiger partial charge on any atom is 0.320 e. The molecule has 0 aliphatic carbocycles. The van der Waals surface area contributed by atoms with Crippen LogP contribution in [0, 0.1) is 0 Å². The zero-order chi connectivity index (χ0) is 27.6. The lowest BCUT2D eigenvalue weighted by Crippen LogP contribution is -2.34. The molecule has 0 atom stereocenters. The summed E-state index contributed by atoms with van der Waals surface area (Å²) in [6.07, 6.45) is -0.374. The predicted molar refractivity (Wildman–Crippen MR) is 146 cm³/mol. The normalized spacial score (nSPS) is 11.3. The van der Waals surface area contributed by atoms with Crippen LogP contribution in [0.15, 0.2) is 39.3 Å². The lowest BCUT2D eigenvalue weighted by atomic mass is 10.0. The topological polar surface area (TPSA) is 132 Å². The number of hydrogen-bond donors (Lipinski definition) is 3. The van der Waals surface area contributed by atoms with Gasteiger partial charge < -0.3 is 24.1 Å². The van der Waals surface area contributed by atoms with Crippen LogP contribution in [-0.2, 0) is 23.6 Å². The van der Waals surface area contributed by atoms with Gasteiger partial charge >= 0.3 is 11.9 Å². The Morgan fingerprint density at radius 1 is 0.946 bits per heavy atom. The van der Waals surface area contributed by atoms with Crippen LogP contribution >= 0.6 is 39.3 Å². The molecule has 10 nitrogen and oxygen atoms in total. The molecule has 0 heterocycles. The van der Waals surface area contributed by atoms with Crippen molar-refractivity contribution < 1.29 is 38.2 Å². The number of hydrogen-bond acceptors (Lipinski definition) is 8. The van der Waals surface area contributed by atoms with E-state index in [2.05, 4.69) is 42.0 Å². The molecule has 37 heavy (non-hydrogen) atoms. The molecule has 0 aliphatic rings. The fourth-order valence-corrected chi connectivity index (χ4v) is 5.72. The maximum absolute atomic E-state index is 13.4. The smallest absolute Gasteiger partial charge is 0.320 e. The van der Waals surface area contributed by atoms with Crippen molar-refractivity contribution in [1.29, 1.82) is 0 Å². The maximum atomic E-state index is 13.4. The molecule has 0 spiro atoms. The zero-order valence-corrected chi connectivity index (χ0v) is 25.1. The number of nitrogens with one attached hydrogen (secondary N) is 2. The van der Waals surface area contributed by atoms with Crippen LogP contribution in [0.25, 0.3) is 0 Å². The average molecular weight is 666 g/mol. The molecule has 0 bridgehead atoms. The minimum absolute atomic E-state index is 0.108. The molecule has 13 heteroatoms. The molecule has 0 unspecified atom stereocenters. The lowest BCUT2D eigenvalue weighted by Gasteiger charge is -2.21. The van der Waals surface area contributed by atoms with Crippen molar-refractivity contribution in [2.24, 2.45) is 0 Å². The van der Waals surface area contributed by atoms with Crippen LogP contribution in [-0.4, -0.2) is 49.7 Å². The van der Waals surface area contributed by atoms with Gasteiger partial charge in [-0.25, -0.2) is 10.2 Å². The number of aromatic hydroxyl groups is 1. The van der Waals surface area contributed by atoms with Crippen LogP contribution in [0.3, 0.4) is 0 Å². The number of carbonyl (C=O) groups excluding carboxylic acids is 2. The summed E-state index contributed by atoms with van der Waals surface area (Å²) in [5, 5.41) is 15.3. The van der Waals surface area contributed by atoms with Gasteiger partial charge in [0.2, 0.25) is 7.44 Å². The quantitative estimate of drug-likeness (QED) is 0.171. The number of benzene rings is 2. The number of carbonyl (C=O) groups is 2. The summed E-state index contributed by atoms with van der Waals surface area (Å²) in [6.45, 7) is 6.94. The average Bonchev–Trinajstić information content (AvgIpc) is 2.84. The number of halogens is 2. The van der Waals surface area contributed by atoms with Gasteiger partial charge in [0, 0.05) is 5.56 Å². The Labute approximate surface area is 233 Å². The van der Waals surface area contributed by atoms with Crippen LogP contribution in [0.5, 0.6) is 23.0 Å². The first-order chi connectivity index (χ1) is 17.5. The Hall–Kier alpha value is -2.11. The van der Waals surface area contributed by atoms with Crippen molar-refractivity contribution in [2.75, 3.05) is 32.7 Å². The van der Waals surface area contributed by atoms with Crippen LogP contribution in [0.2, 0.25) is 0 Å². The van der Waals surface area contributed by atoms with Crippen molar-refractivity contribution >= 4 is 51.2 Å². The number of phenolic OH excluding ortho intramolecular Hbond substituents is 1. The number of phenols is 1. The lowest BCUT2D eigenvalue weighted by molar-refractivity contribution is -0.142. The molecule has 0 saturated heterocycles. The van der Waals surface area contributed by atoms with E-state index in [1.165, 1.54) is 0 Å². The van der Waals surface area contributed by atoms with E-state index in [0.717, 1.165) is 5.56 Å². The van der Waals surface area contributed by atoms with Crippen LogP contribution in [0.1, 0.15) is 39.2 Å². The Balaban J connectivity index is 2.16. The highest BCUT2D eigenvalue weighted by Gasteiger charge is 2.26. The van der Waals surface area contributed by atoms with E-state index in [9.17, 15) is 19.3 Å². The minimum Gasteiger partial charge on any atom is -0.508 e. The third-order valence-electron chi connectivity index (χ3n) is 4.79. The molecule has 0 aromatic heterocycles. The Bertz CT molecular complexity index is 1100. The fourth-order valence-electron chi connectivity index (χ4n) is 3.02. The summed E-state index contributed by atoms with van der Waals surface area (Å²) in [6, 6.07) is 8.26. The van der Waals surface area contributed by atoms with Crippen molar-refractivity contribution in [1.82, 2.24) is 10.2 Å². The number of esters is 2. The van der Waals surface area contributed by atoms with Crippen LogP contribution in [0.4, 0.5) is 0 Å². The Morgan fingerprint density at radius 3 is 1.97 bits per heavy atom. The number of ether oxygens (including phenoxy) is 4. The Morgan fingerprint density at radius 2 is 1.49 bits per heavy atom. The highest BCUT2D eigenvalue weighted by atomic mass is 79.9. The molecule has 0 radical (unpaired) electrons. The molecular formula is C24H31Br2N2O8P. The summed E-state index contributed by atoms with van der Waals surface area (Å²) in [7, 11) is -3.57. The van der Waals surface area contributed by atoms with E-state index in [-0.39, 0.29) is 44.3 Å². The standard InChI is InChI=1S/C24H31Br2N2O8P/c1-5-33-22(30)12-27-37(32,28-13-23(31)34-6-2)14-35-17-10-19(25)24(20(26)11-17)36-16-7-8-21(29)18(9-16)15(3)4/h7-11,15,29H,5-6,12-14H2,1-4H3,(H2,27,28,32). The monoisotopic (exact) mass is 664 g/mol. The first kappa shape index (κ1) is 31.1. The first-order valence-corrected chi connectivity index (χ1v) is 15.0. The zero-order valence-electron chi connectivity index (χ0n) is 21.0. The first-order valence-electron chi connectivity index (χ1n) is 11.5. The Kier molecular flexibility index (Phi) is 12.4. The molecule has 2 rings (SSSR count). The summed E-state index contributed by atoms with van der Waals surface area (Å²) in [5.74, 6) is 0.462.